The van der Waals surface area contributed by atoms with Gasteiger partial charge in [-0.15, -0.1) is 0 Å². The zero-order chi connectivity index (χ0) is 22.7. The Bertz CT molecular complexity index is 957. The summed E-state index contributed by atoms with van der Waals surface area (Å²) in [4.78, 5) is 28.2. The van der Waals surface area contributed by atoms with Crippen LogP contribution >= 0.6 is 0 Å². The van der Waals surface area contributed by atoms with Crippen molar-refractivity contribution in [1.82, 2.24) is 20.3 Å². The zero-order valence-electron chi connectivity index (χ0n) is 19.0. The number of piperidine rings is 2. The number of aromatic nitrogens is 3. The molecule has 0 bridgehead atoms. The molecule has 0 unspecified atom stereocenters. The maximum Gasteiger partial charge on any atom is 0.254 e. The maximum atomic E-state index is 12.1. The molecule has 2 aliphatic heterocycles. The van der Waals surface area contributed by atoms with Gasteiger partial charge < -0.3 is 27.0 Å². The van der Waals surface area contributed by atoms with E-state index in [1.54, 1.807) is 0 Å². The summed E-state index contributed by atoms with van der Waals surface area (Å²) in [6, 6.07) is 4.20. The summed E-state index contributed by atoms with van der Waals surface area (Å²) in [6.45, 7) is 7.81. The van der Waals surface area contributed by atoms with E-state index < -0.39 is 5.91 Å². The Hall–Kier alpha value is -2.78. The monoisotopic (exact) mass is 438 g/mol. The summed E-state index contributed by atoms with van der Waals surface area (Å²) in [6.07, 6.45) is 5.62. The first-order valence-electron chi connectivity index (χ1n) is 11.6. The molecule has 32 heavy (non-hydrogen) atoms. The highest BCUT2D eigenvalue weighted by molar-refractivity contribution is 5.98. The second-order valence-corrected chi connectivity index (χ2v) is 9.15. The number of rotatable bonds is 6. The third-order valence-electron chi connectivity index (χ3n) is 6.26. The molecule has 1 amide bonds. The molecule has 2 fully saturated rings. The average molecular weight is 439 g/mol. The number of carbonyl (C=O) groups excluding carboxylic acids is 1. The van der Waals surface area contributed by atoms with Crippen LogP contribution in [0.2, 0.25) is 0 Å². The van der Waals surface area contributed by atoms with Crippen LogP contribution in [0.4, 0.5) is 17.5 Å². The van der Waals surface area contributed by atoms with Gasteiger partial charge in [0.1, 0.15) is 11.4 Å². The van der Waals surface area contributed by atoms with Gasteiger partial charge in [0.2, 0.25) is 5.95 Å². The number of nitrogens with one attached hydrogen (secondary N) is 2. The van der Waals surface area contributed by atoms with Gasteiger partial charge in [-0.25, -0.2) is 4.98 Å². The predicted molar refractivity (Wildman–Crippen MR) is 126 cm³/mol. The molecule has 4 heterocycles. The number of nitrogens with zero attached hydrogens (tertiary/aromatic N) is 4. The third-order valence-corrected chi connectivity index (χ3v) is 6.26. The largest absolute Gasteiger partial charge is 0.365 e. The highest BCUT2D eigenvalue weighted by Gasteiger charge is 2.22. The number of hydrogen-bond donors (Lipinski definition) is 4. The summed E-state index contributed by atoms with van der Waals surface area (Å²) in [5.74, 6) is 1.11. The van der Waals surface area contributed by atoms with E-state index in [1.165, 1.54) is 6.20 Å². The molecule has 0 saturated carbocycles. The van der Waals surface area contributed by atoms with E-state index in [2.05, 4.69) is 45.4 Å². The minimum absolute atomic E-state index is 0.0981. The zero-order valence-corrected chi connectivity index (χ0v) is 19.0. The summed E-state index contributed by atoms with van der Waals surface area (Å²) in [7, 11) is 0. The smallest absolute Gasteiger partial charge is 0.254 e. The molecule has 0 aromatic carbocycles. The fourth-order valence-corrected chi connectivity index (χ4v) is 4.40. The highest BCUT2D eigenvalue weighted by Crippen LogP contribution is 2.30. The van der Waals surface area contributed by atoms with Crippen molar-refractivity contribution in [3.63, 3.8) is 0 Å². The molecule has 9 heteroatoms. The second kappa shape index (κ2) is 9.79. The lowest BCUT2D eigenvalue weighted by molar-refractivity contribution is 0.100. The minimum atomic E-state index is -0.564. The number of pyridine rings is 1. The molecule has 0 spiro atoms. The van der Waals surface area contributed by atoms with Gasteiger partial charge in [-0.1, -0.05) is 13.8 Å². The van der Waals surface area contributed by atoms with Crippen molar-refractivity contribution in [3.05, 3.63) is 35.3 Å². The fourth-order valence-electron chi connectivity index (χ4n) is 4.40. The predicted octanol–water partition coefficient (Wildman–Crippen LogP) is 2.23. The first-order chi connectivity index (χ1) is 15.4. The Morgan fingerprint density at radius 1 is 1.22 bits per heavy atom. The number of primary amides is 1. The van der Waals surface area contributed by atoms with Gasteiger partial charge in [0.15, 0.2) is 0 Å². The van der Waals surface area contributed by atoms with Crippen LogP contribution in [-0.4, -0.2) is 53.1 Å². The molecule has 6 N–H and O–H groups in total. The van der Waals surface area contributed by atoms with E-state index >= 15 is 0 Å². The first kappa shape index (κ1) is 22.4. The standard InChI is InChI=1S/C23H34N8O/c1-14(2)19-10-17(11-20(29-19)15-5-7-26-8-6-15)28-22-18(21(25)32)12-27-23(30-22)31-9-3-4-16(24)13-31/h10-12,14-16,26H,3-9,13,24H2,1-2H3,(H2,25,32)(H,27,28,29,30)/t16-/m0/s1. The van der Waals surface area contributed by atoms with Crippen LogP contribution in [0, 0.1) is 0 Å². The highest BCUT2D eigenvalue weighted by atomic mass is 16.1. The van der Waals surface area contributed by atoms with Gasteiger partial charge in [-0.05, 0) is 56.8 Å². The van der Waals surface area contributed by atoms with Gasteiger partial charge in [0, 0.05) is 48.3 Å². The van der Waals surface area contributed by atoms with Gasteiger partial charge >= 0.3 is 0 Å². The molecule has 1 atom stereocenters. The Balaban J connectivity index is 1.67. The Morgan fingerprint density at radius 3 is 2.69 bits per heavy atom. The summed E-state index contributed by atoms with van der Waals surface area (Å²) < 4.78 is 0. The number of carbonyl (C=O) groups is 1. The van der Waals surface area contributed by atoms with Crippen LogP contribution < -0.4 is 27.0 Å². The van der Waals surface area contributed by atoms with Crippen LogP contribution in [0.3, 0.4) is 0 Å². The normalized spacial score (nSPS) is 19.9. The van der Waals surface area contributed by atoms with Gasteiger partial charge in [-0.2, -0.15) is 4.98 Å². The molecular formula is C23H34N8O. The Morgan fingerprint density at radius 2 is 2.00 bits per heavy atom. The van der Waals surface area contributed by atoms with Crippen molar-refractivity contribution in [2.24, 2.45) is 11.5 Å². The quantitative estimate of drug-likeness (QED) is 0.539. The number of nitrogens with two attached hydrogens (primary N) is 2. The molecule has 0 radical (unpaired) electrons. The lowest BCUT2D eigenvalue weighted by Gasteiger charge is -2.31. The van der Waals surface area contributed by atoms with Crippen LogP contribution in [0.1, 0.15) is 73.1 Å². The van der Waals surface area contributed by atoms with Crippen molar-refractivity contribution in [2.45, 2.75) is 57.4 Å². The van der Waals surface area contributed by atoms with Crippen molar-refractivity contribution in [1.29, 1.82) is 0 Å². The first-order valence-corrected chi connectivity index (χ1v) is 11.6. The van der Waals surface area contributed by atoms with E-state index in [0.29, 0.717) is 24.2 Å². The molecule has 2 aromatic heterocycles. The lowest BCUT2D eigenvalue weighted by Crippen LogP contribution is -2.43. The van der Waals surface area contributed by atoms with Crippen LogP contribution in [-0.2, 0) is 0 Å². The average Bonchev–Trinajstić information content (AvgIpc) is 2.79. The fraction of sp³-hybridized carbons (Fsp3) is 0.565. The molecule has 2 saturated heterocycles. The molecule has 4 rings (SSSR count). The van der Waals surface area contributed by atoms with Gasteiger partial charge in [-0.3, -0.25) is 9.78 Å². The maximum absolute atomic E-state index is 12.1. The molecule has 2 aromatic rings. The van der Waals surface area contributed by atoms with Gasteiger partial charge in [0.05, 0.1) is 0 Å². The minimum Gasteiger partial charge on any atom is -0.365 e. The topological polar surface area (TPSA) is 135 Å². The third kappa shape index (κ3) is 5.16. The molecule has 172 valence electrons. The summed E-state index contributed by atoms with van der Waals surface area (Å²) in [5.41, 5.74) is 15.0. The number of hydrogen-bond acceptors (Lipinski definition) is 8. The Kier molecular flexibility index (Phi) is 6.86. The molecule has 2 aliphatic rings. The van der Waals surface area contributed by atoms with Gasteiger partial charge in [0.25, 0.3) is 5.91 Å². The van der Waals surface area contributed by atoms with Crippen molar-refractivity contribution in [2.75, 3.05) is 36.4 Å². The summed E-state index contributed by atoms with van der Waals surface area (Å²) >= 11 is 0. The molecule has 9 nitrogen and oxygen atoms in total. The van der Waals surface area contributed by atoms with Crippen LogP contribution in [0.5, 0.6) is 0 Å². The number of anilines is 3. The SMILES string of the molecule is CC(C)c1cc(Nc2nc(N3CCC[C@H](N)C3)ncc2C(N)=O)cc(C2CCNCC2)n1. The Labute approximate surface area is 189 Å². The lowest BCUT2D eigenvalue weighted by atomic mass is 9.93. The molecular weight excluding hydrogens is 404 g/mol. The summed E-state index contributed by atoms with van der Waals surface area (Å²) in [5, 5.41) is 6.77. The van der Waals surface area contributed by atoms with E-state index in [-0.39, 0.29) is 17.5 Å². The van der Waals surface area contributed by atoms with E-state index in [4.69, 9.17) is 16.5 Å². The van der Waals surface area contributed by atoms with E-state index in [1.807, 2.05) is 6.07 Å². The van der Waals surface area contributed by atoms with Crippen LogP contribution in [0.25, 0.3) is 0 Å². The van der Waals surface area contributed by atoms with Crippen LogP contribution in [0.15, 0.2) is 18.3 Å². The van der Waals surface area contributed by atoms with Crippen molar-refractivity contribution >= 4 is 23.4 Å². The second-order valence-electron chi connectivity index (χ2n) is 9.15. The van der Waals surface area contributed by atoms with E-state index in [9.17, 15) is 4.79 Å². The number of amides is 1. The molecule has 0 aliphatic carbocycles. The van der Waals surface area contributed by atoms with E-state index in [0.717, 1.165) is 62.4 Å². The van der Waals surface area contributed by atoms with Crippen molar-refractivity contribution in [3.8, 4) is 0 Å². The van der Waals surface area contributed by atoms with Crippen molar-refractivity contribution < 1.29 is 4.79 Å².